The fraction of sp³-hybridized carbons (Fsp3) is 0.462. The SMILES string of the molecule is CC(C)c1ncsc1C(=O)NS(=O)(=O)c1cnc2n1CCC2. The molecule has 0 saturated carbocycles. The van der Waals surface area contributed by atoms with Gasteiger partial charge in [0.05, 0.1) is 17.4 Å². The minimum atomic E-state index is -3.93. The van der Waals surface area contributed by atoms with Crippen molar-refractivity contribution in [3.05, 3.63) is 28.1 Å². The summed E-state index contributed by atoms with van der Waals surface area (Å²) in [4.78, 5) is 20.9. The standard InChI is InChI=1S/C13H16N4O3S2/c1-8(2)11-12(21-7-15-11)13(18)16-22(19,20)10-6-14-9-4-3-5-17(9)10/h6-8H,3-5H2,1-2H3,(H,16,18). The Morgan fingerprint density at radius 2 is 2.18 bits per heavy atom. The Hall–Kier alpha value is -1.74. The van der Waals surface area contributed by atoms with Crippen LogP contribution in [0.2, 0.25) is 0 Å². The lowest BCUT2D eigenvalue weighted by molar-refractivity contribution is 0.0983. The van der Waals surface area contributed by atoms with Crippen molar-refractivity contribution < 1.29 is 13.2 Å². The van der Waals surface area contributed by atoms with Gasteiger partial charge in [-0.15, -0.1) is 11.3 Å². The summed E-state index contributed by atoms with van der Waals surface area (Å²) in [5.74, 6) is 0.155. The van der Waals surface area contributed by atoms with E-state index >= 15 is 0 Å². The Balaban J connectivity index is 1.88. The summed E-state index contributed by atoms with van der Waals surface area (Å²) in [7, 11) is -3.93. The van der Waals surface area contributed by atoms with E-state index < -0.39 is 15.9 Å². The van der Waals surface area contributed by atoms with E-state index in [1.165, 1.54) is 6.20 Å². The number of carbonyl (C=O) groups is 1. The molecule has 22 heavy (non-hydrogen) atoms. The largest absolute Gasteiger partial charge is 0.318 e. The second-order valence-electron chi connectivity index (χ2n) is 5.42. The molecule has 0 saturated heterocycles. The number of carbonyl (C=O) groups excluding carboxylic acids is 1. The Kier molecular flexibility index (Phi) is 3.77. The lowest BCUT2D eigenvalue weighted by atomic mass is 10.1. The maximum absolute atomic E-state index is 12.4. The van der Waals surface area contributed by atoms with E-state index in [-0.39, 0.29) is 10.9 Å². The molecule has 3 rings (SSSR count). The number of sulfonamides is 1. The highest BCUT2D eigenvalue weighted by Crippen LogP contribution is 2.23. The van der Waals surface area contributed by atoms with Crippen LogP contribution in [0.25, 0.3) is 0 Å². The molecule has 0 aliphatic carbocycles. The maximum Gasteiger partial charge on any atom is 0.281 e. The number of thiazole rings is 1. The predicted octanol–water partition coefficient (Wildman–Crippen LogP) is 1.53. The van der Waals surface area contributed by atoms with E-state index in [0.29, 0.717) is 17.1 Å². The summed E-state index contributed by atoms with van der Waals surface area (Å²) in [5, 5.41) is 0.0453. The summed E-state index contributed by atoms with van der Waals surface area (Å²) in [5.41, 5.74) is 2.16. The fourth-order valence-electron chi connectivity index (χ4n) is 2.50. The zero-order valence-electron chi connectivity index (χ0n) is 12.2. The highest BCUT2D eigenvalue weighted by molar-refractivity contribution is 7.90. The average molecular weight is 340 g/mol. The topological polar surface area (TPSA) is 93.9 Å². The number of nitrogens with zero attached hydrogens (tertiary/aromatic N) is 3. The van der Waals surface area contributed by atoms with E-state index in [2.05, 4.69) is 14.7 Å². The van der Waals surface area contributed by atoms with Gasteiger partial charge in [0.25, 0.3) is 15.9 Å². The van der Waals surface area contributed by atoms with Crippen molar-refractivity contribution in [1.29, 1.82) is 0 Å². The first-order valence-corrected chi connectivity index (χ1v) is 9.31. The Labute approximate surface area is 132 Å². The fourth-order valence-corrected chi connectivity index (χ4v) is 4.53. The summed E-state index contributed by atoms with van der Waals surface area (Å²) in [6.07, 6.45) is 2.93. The van der Waals surface area contributed by atoms with Crippen LogP contribution in [0.15, 0.2) is 16.7 Å². The first-order chi connectivity index (χ1) is 10.4. The van der Waals surface area contributed by atoms with Crippen LogP contribution in [0.3, 0.4) is 0 Å². The molecule has 1 aliphatic heterocycles. The molecule has 2 aromatic heterocycles. The Bertz CT molecular complexity index is 820. The lowest BCUT2D eigenvalue weighted by Gasteiger charge is -2.09. The second-order valence-corrected chi connectivity index (χ2v) is 7.91. The summed E-state index contributed by atoms with van der Waals surface area (Å²) in [6.45, 7) is 4.42. The molecule has 0 aromatic carbocycles. The van der Waals surface area contributed by atoms with Gasteiger partial charge in [0, 0.05) is 13.0 Å². The molecule has 9 heteroatoms. The number of fused-ring (bicyclic) bond motifs is 1. The van der Waals surface area contributed by atoms with E-state index in [1.54, 1.807) is 10.1 Å². The molecule has 0 bridgehead atoms. The van der Waals surface area contributed by atoms with Crippen molar-refractivity contribution in [2.75, 3.05) is 0 Å². The van der Waals surface area contributed by atoms with Gasteiger partial charge in [-0.1, -0.05) is 13.8 Å². The monoisotopic (exact) mass is 340 g/mol. The molecule has 2 aromatic rings. The Morgan fingerprint density at radius 1 is 1.41 bits per heavy atom. The maximum atomic E-state index is 12.4. The van der Waals surface area contributed by atoms with Gasteiger partial charge >= 0.3 is 0 Å². The predicted molar refractivity (Wildman–Crippen MR) is 81.4 cm³/mol. The van der Waals surface area contributed by atoms with Crippen molar-refractivity contribution >= 4 is 27.3 Å². The van der Waals surface area contributed by atoms with Gasteiger partial charge in [0.2, 0.25) is 0 Å². The Morgan fingerprint density at radius 3 is 2.91 bits per heavy atom. The zero-order chi connectivity index (χ0) is 15.9. The third-order valence-corrected chi connectivity index (χ3v) is 5.71. The van der Waals surface area contributed by atoms with Crippen LogP contribution in [0.1, 0.15) is 47.4 Å². The summed E-state index contributed by atoms with van der Waals surface area (Å²) in [6, 6.07) is 0. The average Bonchev–Trinajstić information content (AvgIpc) is 3.13. The molecule has 0 unspecified atom stereocenters. The van der Waals surface area contributed by atoms with Crippen LogP contribution in [0.5, 0.6) is 0 Å². The van der Waals surface area contributed by atoms with Crippen LogP contribution in [-0.2, 0) is 23.0 Å². The number of hydrogen-bond donors (Lipinski definition) is 1. The molecular formula is C13H16N4O3S2. The first kappa shape index (κ1) is 15.2. The quantitative estimate of drug-likeness (QED) is 0.911. The van der Waals surface area contributed by atoms with Gasteiger partial charge < -0.3 is 4.57 Å². The molecule has 0 spiro atoms. The highest BCUT2D eigenvalue weighted by atomic mass is 32.2. The van der Waals surface area contributed by atoms with E-state index in [1.807, 2.05) is 13.8 Å². The third kappa shape index (κ3) is 2.54. The van der Waals surface area contributed by atoms with E-state index in [0.717, 1.165) is 30.0 Å². The number of rotatable bonds is 4. The van der Waals surface area contributed by atoms with Gasteiger partial charge in [0.15, 0.2) is 5.03 Å². The summed E-state index contributed by atoms with van der Waals surface area (Å²) < 4.78 is 28.6. The molecule has 7 nitrogen and oxygen atoms in total. The van der Waals surface area contributed by atoms with Gasteiger partial charge in [-0.3, -0.25) is 4.79 Å². The van der Waals surface area contributed by atoms with Gasteiger partial charge in [-0.05, 0) is 12.3 Å². The van der Waals surface area contributed by atoms with Crippen LogP contribution < -0.4 is 4.72 Å². The number of imidazole rings is 1. The van der Waals surface area contributed by atoms with Gasteiger partial charge in [-0.2, -0.15) is 8.42 Å². The number of hydrogen-bond acceptors (Lipinski definition) is 6. The van der Waals surface area contributed by atoms with E-state index in [9.17, 15) is 13.2 Å². The molecule has 3 heterocycles. The molecule has 0 radical (unpaired) electrons. The van der Waals surface area contributed by atoms with Gasteiger partial charge in [0.1, 0.15) is 10.7 Å². The lowest BCUT2D eigenvalue weighted by Crippen LogP contribution is -2.32. The van der Waals surface area contributed by atoms with E-state index in [4.69, 9.17) is 0 Å². The molecule has 1 N–H and O–H groups in total. The third-order valence-electron chi connectivity index (χ3n) is 3.53. The smallest absolute Gasteiger partial charge is 0.281 e. The highest BCUT2D eigenvalue weighted by Gasteiger charge is 2.28. The minimum Gasteiger partial charge on any atom is -0.318 e. The van der Waals surface area contributed by atoms with Crippen molar-refractivity contribution in [3.63, 3.8) is 0 Å². The molecule has 1 aliphatic rings. The number of amides is 1. The molecule has 1 amide bonds. The molecule has 0 atom stereocenters. The zero-order valence-corrected chi connectivity index (χ0v) is 13.9. The van der Waals surface area contributed by atoms with Crippen LogP contribution in [0.4, 0.5) is 0 Å². The normalized spacial score (nSPS) is 14.3. The van der Waals surface area contributed by atoms with Crippen molar-refractivity contribution in [3.8, 4) is 0 Å². The van der Waals surface area contributed by atoms with Crippen molar-refractivity contribution in [1.82, 2.24) is 19.3 Å². The summed E-state index contributed by atoms with van der Waals surface area (Å²) >= 11 is 1.14. The van der Waals surface area contributed by atoms with Crippen molar-refractivity contribution in [2.24, 2.45) is 0 Å². The molecule has 118 valence electrons. The number of aromatic nitrogens is 3. The molecular weight excluding hydrogens is 324 g/mol. The van der Waals surface area contributed by atoms with Crippen LogP contribution >= 0.6 is 11.3 Å². The van der Waals surface area contributed by atoms with Crippen LogP contribution in [0, 0.1) is 0 Å². The van der Waals surface area contributed by atoms with Crippen molar-refractivity contribution in [2.45, 2.75) is 44.2 Å². The first-order valence-electron chi connectivity index (χ1n) is 6.95. The second kappa shape index (κ2) is 5.47. The van der Waals surface area contributed by atoms with Crippen LogP contribution in [-0.4, -0.2) is 28.9 Å². The number of nitrogens with one attached hydrogen (secondary N) is 1. The molecule has 0 fully saturated rings. The number of aryl methyl sites for hydroxylation is 1. The van der Waals surface area contributed by atoms with Gasteiger partial charge in [-0.25, -0.2) is 14.7 Å². The minimum absolute atomic E-state index is 0.0453.